The minimum Gasteiger partial charge on any atom is -0.310 e. The third-order valence-corrected chi connectivity index (χ3v) is 3.45. The molecule has 0 radical (unpaired) electrons. The SMILES string of the molecule is CC(C)CNCc1nc(Cn2cc(Cl)cn2)cs1. The van der Waals surface area contributed by atoms with Crippen LogP contribution in [0.5, 0.6) is 0 Å². The monoisotopic (exact) mass is 284 g/mol. The number of rotatable bonds is 6. The van der Waals surface area contributed by atoms with Crippen LogP contribution in [0.25, 0.3) is 0 Å². The van der Waals surface area contributed by atoms with Crippen molar-refractivity contribution in [1.29, 1.82) is 0 Å². The highest BCUT2D eigenvalue weighted by Gasteiger charge is 2.04. The van der Waals surface area contributed by atoms with Crippen LogP contribution in [0.3, 0.4) is 0 Å². The Bertz CT molecular complexity index is 492. The molecule has 0 atom stereocenters. The van der Waals surface area contributed by atoms with Crippen molar-refractivity contribution in [2.75, 3.05) is 6.54 Å². The summed E-state index contributed by atoms with van der Waals surface area (Å²) in [7, 11) is 0. The van der Waals surface area contributed by atoms with E-state index in [0.717, 1.165) is 23.8 Å². The van der Waals surface area contributed by atoms with Crippen LogP contribution in [0, 0.1) is 5.92 Å². The summed E-state index contributed by atoms with van der Waals surface area (Å²) >= 11 is 7.50. The lowest BCUT2D eigenvalue weighted by Gasteiger charge is -2.04. The molecule has 0 saturated carbocycles. The maximum atomic E-state index is 5.82. The maximum Gasteiger partial charge on any atom is 0.107 e. The van der Waals surface area contributed by atoms with Crippen LogP contribution in [0.15, 0.2) is 17.8 Å². The summed E-state index contributed by atoms with van der Waals surface area (Å²) in [6, 6.07) is 0. The number of hydrogen-bond acceptors (Lipinski definition) is 4. The van der Waals surface area contributed by atoms with E-state index < -0.39 is 0 Å². The number of nitrogens with one attached hydrogen (secondary N) is 1. The first-order valence-electron chi connectivity index (χ1n) is 5.95. The van der Waals surface area contributed by atoms with Gasteiger partial charge in [-0.2, -0.15) is 5.10 Å². The van der Waals surface area contributed by atoms with Crippen molar-refractivity contribution >= 4 is 22.9 Å². The molecule has 1 N–H and O–H groups in total. The van der Waals surface area contributed by atoms with E-state index in [1.165, 1.54) is 0 Å². The van der Waals surface area contributed by atoms with Gasteiger partial charge in [0, 0.05) is 18.1 Å². The predicted molar refractivity (Wildman–Crippen MR) is 75.0 cm³/mol. The van der Waals surface area contributed by atoms with Gasteiger partial charge in [-0.1, -0.05) is 25.4 Å². The van der Waals surface area contributed by atoms with Crippen molar-refractivity contribution in [3.63, 3.8) is 0 Å². The second kappa shape index (κ2) is 6.31. The molecule has 0 aliphatic heterocycles. The summed E-state index contributed by atoms with van der Waals surface area (Å²) in [6.45, 7) is 6.92. The molecule has 98 valence electrons. The lowest BCUT2D eigenvalue weighted by atomic mass is 10.2. The third-order valence-electron chi connectivity index (χ3n) is 2.35. The standard InChI is InChI=1S/C12H17ClN4S/c1-9(2)3-14-5-12-16-11(8-18-12)7-17-6-10(13)4-15-17/h4,6,8-9,14H,3,5,7H2,1-2H3. The van der Waals surface area contributed by atoms with Gasteiger partial charge in [0.15, 0.2) is 0 Å². The van der Waals surface area contributed by atoms with Gasteiger partial charge in [-0.3, -0.25) is 4.68 Å². The Morgan fingerprint density at radius 1 is 1.50 bits per heavy atom. The molecule has 0 bridgehead atoms. The predicted octanol–water partition coefficient (Wildman–Crippen LogP) is 2.79. The van der Waals surface area contributed by atoms with Crippen LogP contribution in [0.2, 0.25) is 5.02 Å². The van der Waals surface area contributed by atoms with Gasteiger partial charge >= 0.3 is 0 Å². The van der Waals surface area contributed by atoms with Crippen LogP contribution < -0.4 is 5.32 Å². The normalized spacial score (nSPS) is 11.3. The quantitative estimate of drug-likeness (QED) is 0.887. The molecule has 6 heteroatoms. The molecule has 0 aliphatic rings. The highest BCUT2D eigenvalue weighted by atomic mass is 35.5. The van der Waals surface area contributed by atoms with Crippen molar-refractivity contribution in [1.82, 2.24) is 20.1 Å². The lowest BCUT2D eigenvalue weighted by molar-refractivity contribution is 0.550. The number of nitrogens with zero attached hydrogens (tertiary/aromatic N) is 3. The van der Waals surface area contributed by atoms with Crippen LogP contribution in [0.1, 0.15) is 24.5 Å². The van der Waals surface area contributed by atoms with Crippen LogP contribution in [-0.2, 0) is 13.1 Å². The Morgan fingerprint density at radius 2 is 2.33 bits per heavy atom. The third kappa shape index (κ3) is 4.08. The number of thiazole rings is 1. The zero-order valence-corrected chi connectivity index (χ0v) is 12.1. The van der Waals surface area contributed by atoms with Crippen molar-refractivity contribution in [3.05, 3.63) is 33.5 Å². The average molecular weight is 285 g/mol. The first kappa shape index (κ1) is 13.5. The van der Waals surface area contributed by atoms with Crippen molar-refractivity contribution in [3.8, 4) is 0 Å². The van der Waals surface area contributed by atoms with Gasteiger partial charge in [0.25, 0.3) is 0 Å². The summed E-state index contributed by atoms with van der Waals surface area (Å²) in [5, 5.41) is 11.4. The highest BCUT2D eigenvalue weighted by molar-refractivity contribution is 7.09. The zero-order valence-electron chi connectivity index (χ0n) is 10.6. The first-order chi connectivity index (χ1) is 8.63. The molecular weight excluding hydrogens is 268 g/mol. The molecule has 2 heterocycles. The molecule has 2 rings (SSSR count). The molecule has 0 spiro atoms. The Labute approximate surface area is 116 Å². The summed E-state index contributed by atoms with van der Waals surface area (Å²) < 4.78 is 1.79. The second-order valence-corrected chi connectivity index (χ2v) is 5.99. The maximum absolute atomic E-state index is 5.82. The molecule has 2 aromatic heterocycles. The molecule has 0 saturated heterocycles. The van der Waals surface area contributed by atoms with E-state index in [1.54, 1.807) is 28.4 Å². The van der Waals surface area contributed by atoms with E-state index in [-0.39, 0.29) is 0 Å². The first-order valence-corrected chi connectivity index (χ1v) is 7.21. The number of aromatic nitrogens is 3. The lowest BCUT2D eigenvalue weighted by Crippen LogP contribution is -2.18. The van der Waals surface area contributed by atoms with E-state index >= 15 is 0 Å². The minimum atomic E-state index is 0.657. The summed E-state index contributed by atoms with van der Waals surface area (Å²) in [5.41, 5.74) is 1.03. The summed E-state index contributed by atoms with van der Waals surface area (Å²) in [5.74, 6) is 0.663. The molecule has 0 amide bonds. The highest BCUT2D eigenvalue weighted by Crippen LogP contribution is 2.12. The fraction of sp³-hybridized carbons (Fsp3) is 0.500. The van der Waals surface area contributed by atoms with E-state index in [4.69, 9.17) is 11.6 Å². The van der Waals surface area contributed by atoms with Gasteiger partial charge in [0.1, 0.15) is 5.01 Å². The fourth-order valence-electron chi connectivity index (χ4n) is 1.56. The summed E-state index contributed by atoms with van der Waals surface area (Å²) in [4.78, 5) is 4.56. The van der Waals surface area contributed by atoms with Crippen LogP contribution in [-0.4, -0.2) is 21.3 Å². The van der Waals surface area contributed by atoms with Gasteiger partial charge in [0.05, 0.1) is 23.5 Å². The Balaban J connectivity index is 1.86. The molecule has 2 aromatic rings. The molecule has 4 nitrogen and oxygen atoms in total. The smallest absolute Gasteiger partial charge is 0.107 e. The van der Waals surface area contributed by atoms with Crippen molar-refractivity contribution in [2.24, 2.45) is 5.92 Å². The average Bonchev–Trinajstić information content (AvgIpc) is 2.89. The minimum absolute atomic E-state index is 0.657. The fourth-order valence-corrected chi connectivity index (χ4v) is 2.47. The molecule has 18 heavy (non-hydrogen) atoms. The van der Waals surface area contributed by atoms with Crippen LogP contribution >= 0.6 is 22.9 Å². The molecular formula is C12H17ClN4S. The molecule has 0 fully saturated rings. The Hall–Kier alpha value is -0.910. The number of hydrogen-bond donors (Lipinski definition) is 1. The molecule has 0 aromatic carbocycles. The number of halogens is 1. The van der Waals surface area contributed by atoms with Crippen molar-refractivity contribution in [2.45, 2.75) is 26.9 Å². The largest absolute Gasteiger partial charge is 0.310 e. The Morgan fingerprint density at radius 3 is 3.00 bits per heavy atom. The van der Waals surface area contributed by atoms with Gasteiger partial charge in [-0.05, 0) is 12.5 Å². The van der Waals surface area contributed by atoms with E-state index in [9.17, 15) is 0 Å². The van der Waals surface area contributed by atoms with Gasteiger partial charge in [-0.25, -0.2) is 4.98 Å². The second-order valence-electron chi connectivity index (χ2n) is 4.61. The van der Waals surface area contributed by atoms with Gasteiger partial charge < -0.3 is 5.32 Å². The molecule has 0 unspecified atom stereocenters. The van der Waals surface area contributed by atoms with E-state index in [0.29, 0.717) is 17.5 Å². The Kier molecular flexibility index (Phi) is 4.74. The van der Waals surface area contributed by atoms with Crippen molar-refractivity contribution < 1.29 is 0 Å². The van der Waals surface area contributed by atoms with E-state index in [2.05, 4.69) is 34.6 Å². The van der Waals surface area contributed by atoms with Crippen LogP contribution in [0.4, 0.5) is 0 Å². The van der Waals surface area contributed by atoms with Gasteiger partial charge in [-0.15, -0.1) is 11.3 Å². The summed E-state index contributed by atoms with van der Waals surface area (Å²) in [6.07, 6.45) is 3.44. The topological polar surface area (TPSA) is 42.7 Å². The van der Waals surface area contributed by atoms with Gasteiger partial charge in [0.2, 0.25) is 0 Å². The zero-order chi connectivity index (χ0) is 13.0. The van der Waals surface area contributed by atoms with E-state index in [1.807, 2.05) is 0 Å². The molecule has 0 aliphatic carbocycles.